The van der Waals surface area contributed by atoms with Crippen molar-refractivity contribution in [2.75, 3.05) is 26.4 Å². The van der Waals surface area contributed by atoms with Gasteiger partial charge in [-0.2, -0.15) is 9.97 Å². The van der Waals surface area contributed by atoms with Gasteiger partial charge in [-0.1, -0.05) is 57.5 Å². The molecule has 2 heterocycles. The van der Waals surface area contributed by atoms with Crippen molar-refractivity contribution in [3.05, 3.63) is 36.5 Å². The Kier molecular flexibility index (Phi) is 10.4. The monoisotopic (exact) mass is 386 g/mol. The number of aromatic nitrogens is 2. The fraction of sp³-hybridized carbons (Fsp3) is 0.565. The number of hydrogen-bond acceptors (Lipinski definition) is 5. The molecule has 0 aliphatic carbocycles. The molecule has 154 valence electrons. The van der Waals surface area contributed by atoms with Crippen molar-refractivity contribution in [3.8, 4) is 23.0 Å². The molecule has 1 fully saturated rings. The first-order valence-corrected chi connectivity index (χ1v) is 10.5. The Hall–Kier alpha value is -2.14. The van der Waals surface area contributed by atoms with Crippen LogP contribution in [0, 0.1) is 5.92 Å². The normalized spacial score (nSPS) is 14.5. The minimum atomic E-state index is 0.406. The van der Waals surface area contributed by atoms with Gasteiger partial charge < -0.3 is 14.2 Å². The Balaban J connectivity index is 0.000000397. The van der Waals surface area contributed by atoms with Crippen molar-refractivity contribution >= 4 is 0 Å². The average molecular weight is 387 g/mol. The van der Waals surface area contributed by atoms with E-state index in [4.69, 9.17) is 14.2 Å². The van der Waals surface area contributed by atoms with Gasteiger partial charge in [-0.3, -0.25) is 0 Å². The van der Waals surface area contributed by atoms with Crippen LogP contribution in [0.1, 0.15) is 52.9 Å². The molecule has 5 heteroatoms. The van der Waals surface area contributed by atoms with Gasteiger partial charge in [-0.25, -0.2) is 0 Å². The molecule has 2 aromatic rings. The van der Waals surface area contributed by atoms with Crippen molar-refractivity contribution < 1.29 is 14.2 Å². The van der Waals surface area contributed by atoms with Crippen LogP contribution in [0.3, 0.4) is 0 Å². The maximum absolute atomic E-state index is 5.76. The van der Waals surface area contributed by atoms with E-state index in [1.807, 2.05) is 30.3 Å². The van der Waals surface area contributed by atoms with Gasteiger partial charge in [0, 0.05) is 18.8 Å². The molecule has 0 amide bonds. The summed E-state index contributed by atoms with van der Waals surface area (Å²) >= 11 is 0. The largest absolute Gasteiger partial charge is 0.490 e. The summed E-state index contributed by atoms with van der Waals surface area (Å²) in [6, 6.07) is 10.4. The average Bonchev–Trinajstić information content (AvgIpc) is 2.78. The molecule has 1 aliphatic rings. The third-order valence-electron chi connectivity index (χ3n) is 4.51. The van der Waals surface area contributed by atoms with E-state index in [2.05, 4.69) is 30.7 Å². The van der Waals surface area contributed by atoms with E-state index < -0.39 is 0 Å². The number of rotatable bonds is 8. The van der Waals surface area contributed by atoms with Gasteiger partial charge in [0.05, 0.1) is 19.4 Å². The maximum atomic E-state index is 5.76. The molecule has 28 heavy (non-hydrogen) atoms. The number of nitrogens with zero attached hydrogens (tertiary/aromatic N) is 2. The molecular formula is C23H34N2O3. The Morgan fingerprint density at radius 3 is 2.36 bits per heavy atom. The Labute approximate surface area is 169 Å². The van der Waals surface area contributed by atoms with Gasteiger partial charge in [0.25, 0.3) is 0 Å². The fourth-order valence-electron chi connectivity index (χ4n) is 2.57. The van der Waals surface area contributed by atoms with Crippen LogP contribution in [-0.2, 0) is 4.74 Å². The highest BCUT2D eigenvalue weighted by atomic mass is 16.5. The van der Waals surface area contributed by atoms with Crippen LogP contribution in [0.4, 0.5) is 0 Å². The lowest BCUT2D eigenvalue weighted by Gasteiger charge is -2.13. The maximum Gasteiger partial charge on any atom is 0.317 e. The Morgan fingerprint density at radius 2 is 1.79 bits per heavy atom. The summed E-state index contributed by atoms with van der Waals surface area (Å²) in [5.74, 6) is 1.18. The minimum Gasteiger partial charge on any atom is -0.490 e. The summed E-state index contributed by atoms with van der Waals surface area (Å²) < 4.78 is 16.5. The number of ether oxygens (including phenoxy) is 3. The zero-order valence-electron chi connectivity index (χ0n) is 17.5. The number of benzene rings is 1. The van der Waals surface area contributed by atoms with E-state index in [-0.39, 0.29) is 0 Å². The standard InChI is InChI=1S/C18H24N2O2.C5H10O/c1-4-11-21-16-12-19-18(22-13-14(3)5-2)20-17(16)15-9-7-6-8-10-15;1-2-4-6-5-3-1/h6-10,12,14H,4-5,11,13H2,1-3H3;1-5H2. The van der Waals surface area contributed by atoms with Crippen LogP contribution in [0.25, 0.3) is 11.3 Å². The van der Waals surface area contributed by atoms with Crippen molar-refractivity contribution in [3.63, 3.8) is 0 Å². The molecule has 0 spiro atoms. The summed E-state index contributed by atoms with van der Waals surface area (Å²) in [5.41, 5.74) is 1.78. The van der Waals surface area contributed by atoms with Crippen molar-refractivity contribution in [1.29, 1.82) is 0 Å². The first-order valence-electron chi connectivity index (χ1n) is 10.5. The van der Waals surface area contributed by atoms with Crippen LogP contribution < -0.4 is 9.47 Å². The second-order valence-electron chi connectivity index (χ2n) is 7.08. The summed E-state index contributed by atoms with van der Waals surface area (Å²) in [7, 11) is 0. The van der Waals surface area contributed by atoms with Gasteiger partial charge in [-0.15, -0.1) is 0 Å². The highest BCUT2D eigenvalue weighted by molar-refractivity contribution is 5.65. The van der Waals surface area contributed by atoms with Gasteiger partial charge in [0.2, 0.25) is 0 Å². The fourth-order valence-corrected chi connectivity index (χ4v) is 2.57. The molecule has 1 unspecified atom stereocenters. The van der Waals surface area contributed by atoms with E-state index >= 15 is 0 Å². The molecular weight excluding hydrogens is 352 g/mol. The van der Waals surface area contributed by atoms with Gasteiger partial charge in [-0.05, 0) is 31.6 Å². The van der Waals surface area contributed by atoms with Crippen LogP contribution in [-0.4, -0.2) is 36.4 Å². The molecule has 0 bridgehead atoms. The SMILES string of the molecule is C1CCOCC1.CCCOc1cnc(OCC(C)CC)nc1-c1ccccc1. The molecule has 1 saturated heterocycles. The van der Waals surface area contributed by atoms with Crippen LogP contribution >= 0.6 is 0 Å². The predicted molar refractivity (Wildman–Crippen MR) is 113 cm³/mol. The van der Waals surface area contributed by atoms with Gasteiger partial charge in [0.1, 0.15) is 5.69 Å². The molecule has 1 aromatic carbocycles. The zero-order valence-corrected chi connectivity index (χ0v) is 17.5. The molecule has 3 rings (SSSR count). The van der Waals surface area contributed by atoms with Crippen molar-refractivity contribution in [1.82, 2.24) is 9.97 Å². The minimum absolute atomic E-state index is 0.406. The molecule has 0 saturated carbocycles. The first kappa shape index (κ1) is 22.2. The summed E-state index contributed by atoms with van der Waals surface area (Å²) in [4.78, 5) is 8.81. The molecule has 1 aliphatic heterocycles. The molecule has 1 aromatic heterocycles. The van der Waals surface area contributed by atoms with E-state index in [0.29, 0.717) is 30.9 Å². The van der Waals surface area contributed by atoms with Crippen LogP contribution in [0.15, 0.2) is 36.5 Å². The topological polar surface area (TPSA) is 53.5 Å². The van der Waals surface area contributed by atoms with E-state index in [0.717, 1.165) is 37.3 Å². The van der Waals surface area contributed by atoms with Crippen molar-refractivity contribution in [2.24, 2.45) is 5.92 Å². The third kappa shape index (κ3) is 7.85. The smallest absolute Gasteiger partial charge is 0.317 e. The highest BCUT2D eigenvalue weighted by Gasteiger charge is 2.12. The first-order chi connectivity index (χ1) is 13.7. The second kappa shape index (κ2) is 13.1. The van der Waals surface area contributed by atoms with E-state index in [9.17, 15) is 0 Å². The quantitative estimate of drug-likeness (QED) is 0.596. The second-order valence-corrected chi connectivity index (χ2v) is 7.08. The summed E-state index contributed by atoms with van der Waals surface area (Å²) in [6.07, 6.45) is 7.65. The summed E-state index contributed by atoms with van der Waals surface area (Å²) in [5, 5.41) is 0. The van der Waals surface area contributed by atoms with Crippen LogP contribution in [0.5, 0.6) is 11.8 Å². The Morgan fingerprint density at radius 1 is 1.04 bits per heavy atom. The lowest BCUT2D eigenvalue weighted by atomic mass is 10.1. The zero-order chi connectivity index (χ0) is 20.0. The predicted octanol–water partition coefficient (Wildman–Crippen LogP) is 5.54. The van der Waals surface area contributed by atoms with E-state index in [1.54, 1.807) is 6.20 Å². The van der Waals surface area contributed by atoms with Gasteiger partial charge in [0.15, 0.2) is 5.75 Å². The highest BCUT2D eigenvalue weighted by Crippen LogP contribution is 2.29. The third-order valence-corrected chi connectivity index (χ3v) is 4.51. The van der Waals surface area contributed by atoms with E-state index in [1.165, 1.54) is 19.3 Å². The molecule has 1 atom stereocenters. The molecule has 0 radical (unpaired) electrons. The summed E-state index contributed by atoms with van der Waals surface area (Å²) in [6.45, 7) is 9.64. The molecule has 5 nitrogen and oxygen atoms in total. The lowest BCUT2D eigenvalue weighted by Crippen LogP contribution is -2.10. The lowest BCUT2D eigenvalue weighted by molar-refractivity contribution is 0.0968. The van der Waals surface area contributed by atoms with Gasteiger partial charge >= 0.3 is 6.01 Å². The molecule has 0 N–H and O–H groups in total. The Bertz CT molecular complexity index is 649. The van der Waals surface area contributed by atoms with Crippen molar-refractivity contribution in [2.45, 2.75) is 52.9 Å². The van der Waals surface area contributed by atoms with Crippen LogP contribution in [0.2, 0.25) is 0 Å². The number of hydrogen-bond donors (Lipinski definition) is 0.